The van der Waals surface area contributed by atoms with Gasteiger partial charge < -0.3 is 9.84 Å². The lowest BCUT2D eigenvalue weighted by Gasteiger charge is -2.38. The van der Waals surface area contributed by atoms with Gasteiger partial charge in [-0.2, -0.15) is 0 Å². The van der Waals surface area contributed by atoms with Crippen LogP contribution in [0.4, 0.5) is 0 Å². The van der Waals surface area contributed by atoms with E-state index in [0.717, 1.165) is 29.8 Å². The van der Waals surface area contributed by atoms with Crippen LogP contribution in [0.3, 0.4) is 0 Å². The smallest absolute Gasteiger partial charge is 0.307 e. The van der Waals surface area contributed by atoms with Crippen molar-refractivity contribution in [2.45, 2.75) is 25.8 Å². The molecule has 0 saturated carbocycles. The number of piperidine rings is 1. The minimum Gasteiger partial charge on any atom is -0.494 e. The number of benzene rings is 2. The van der Waals surface area contributed by atoms with Crippen LogP contribution < -0.4 is 4.74 Å². The Morgan fingerprint density at radius 1 is 1.22 bits per heavy atom. The molecular weight excluding hydrogens is 385 g/mol. The largest absolute Gasteiger partial charge is 0.494 e. The molecule has 1 N–H and O–H groups in total. The van der Waals surface area contributed by atoms with Crippen molar-refractivity contribution in [2.75, 3.05) is 19.7 Å². The molecule has 4 nitrogen and oxygen atoms in total. The highest BCUT2D eigenvalue weighted by molar-refractivity contribution is 6.42. The Kier molecular flexibility index (Phi) is 6.64. The van der Waals surface area contributed by atoms with Gasteiger partial charge >= 0.3 is 5.97 Å². The quantitative estimate of drug-likeness (QED) is 0.707. The maximum atomic E-state index is 11.6. The third-order valence-corrected chi connectivity index (χ3v) is 5.79. The molecule has 1 heterocycles. The van der Waals surface area contributed by atoms with E-state index in [9.17, 15) is 9.90 Å². The molecule has 27 heavy (non-hydrogen) atoms. The molecule has 2 aromatic rings. The molecule has 0 aromatic heterocycles. The van der Waals surface area contributed by atoms with Gasteiger partial charge in [0.1, 0.15) is 5.75 Å². The van der Waals surface area contributed by atoms with Gasteiger partial charge in [0.15, 0.2) is 0 Å². The van der Waals surface area contributed by atoms with Crippen molar-refractivity contribution in [1.82, 2.24) is 4.90 Å². The number of halogens is 2. The van der Waals surface area contributed by atoms with Crippen LogP contribution in [0.15, 0.2) is 42.5 Å². The van der Waals surface area contributed by atoms with Crippen molar-refractivity contribution in [3.8, 4) is 5.75 Å². The number of carbonyl (C=O) groups is 1. The number of hydrogen-bond acceptors (Lipinski definition) is 3. The van der Waals surface area contributed by atoms with Gasteiger partial charge in [0.25, 0.3) is 0 Å². The SMILES string of the molecule is CCOc1ccccc1C(c1cccc(Cl)c1Cl)N1CCCC(C(=O)O)C1. The highest BCUT2D eigenvalue weighted by Gasteiger charge is 2.33. The second-order valence-electron chi connectivity index (χ2n) is 6.69. The summed E-state index contributed by atoms with van der Waals surface area (Å²) in [5.41, 5.74) is 1.83. The third kappa shape index (κ3) is 4.40. The highest BCUT2D eigenvalue weighted by atomic mass is 35.5. The summed E-state index contributed by atoms with van der Waals surface area (Å²) in [5.74, 6) is -0.370. The fraction of sp³-hybridized carbons (Fsp3) is 0.381. The Balaban J connectivity index is 2.10. The normalized spacial score (nSPS) is 18.9. The monoisotopic (exact) mass is 407 g/mol. The van der Waals surface area contributed by atoms with E-state index in [0.29, 0.717) is 29.6 Å². The van der Waals surface area contributed by atoms with E-state index in [-0.39, 0.29) is 6.04 Å². The van der Waals surface area contributed by atoms with Gasteiger partial charge in [0, 0.05) is 12.1 Å². The zero-order chi connectivity index (χ0) is 19.4. The first kappa shape index (κ1) is 20.0. The van der Waals surface area contributed by atoms with Crippen molar-refractivity contribution in [3.05, 3.63) is 63.6 Å². The number of ether oxygens (including phenoxy) is 1. The van der Waals surface area contributed by atoms with Crippen LogP contribution in [0.5, 0.6) is 5.75 Å². The standard InChI is InChI=1S/C21H23Cl2NO3/c1-2-27-18-11-4-3-8-15(18)20(16-9-5-10-17(22)19(16)23)24-12-6-7-14(13-24)21(25)26/h3-5,8-11,14,20H,2,6-7,12-13H2,1H3,(H,25,26). The predicted molar refractivity (Wildman–Crippen MR) is 108 cm³/mol. The molecule has 0 aliphatic carbocycles. The molecule has 1 fully saturated rings. The van der Waals surface area contributed by atoms with Gasteiger partial charge in [-0.25, -0.2) is 0 Å². The Bertz CT molecular complexity index is 812. The second-order valence-corrected chi connectivity index (χ2v) is 7.47. The zero-order valence-electron chi connectivity index (χ0n) is 15.2. The Labute approximate surface area is 169 Å². The van der Waals surface area contributed by atoms with Gasteiger partial charge in [-0.3, -0.25) is 9.69 Å². The molecule has 0 bridgehead atoms. The molecule has 2 unspecified atom stereocenters. The Morgan fingerprint density at radius 3 is 2.70 bits per heavy atom. The fourth-order valence-corrected chi connectivity index (χ4v) is 4.14. The van der Waals surface area contributed by atoms with E-state index in [1.54, 1.807) is 6.07 Å². The lowest BCUT2D eigenvalue weighted by Crippen LogP contribution is -2.41. The van der Waals surface area contributed by atoms with Crippen molar-refractivity contribution >= 4 is 29.2 Å². The minimum absolute atomic E-state index is 0.221. The van der Waals surface area contributed by atoms with Crippen molar-refractivity contribution in [2.24, 2.45) is 5.92 Å². The van der Waals surface area contributed by atoms with Crippen LogP contribution >= 0.6 is 23.2 Å². The summed E-state index contributed by atoms with van der Waals surface area (Å²) in [4.78, 5) is 13.8. The zero-order valence-corrected chi connectivity index (χ0v) is 16.7. The van der Waals surface area contributed by atoms with Crippen LogP contribution in [0.2, 0.25) is 10.0 Å². The molecule has 2 atom stereocenters. The van der Waals surface area contributed by atoms with Crippen LogP contribution in [0.1, 0.15) is 36.9 Å². The molecular formula is C21H23Cl2NO3. The molecule has 1 saturated heterocycles. The maximum absolute atomic E-state index is 11.6. The van der Waals surface area contributed by atoms with E-state index in [2.05, 4.69) is 4.90 Å². The first-order valence-corrected chi connectivity index (χ1v) is 9.91. The first-order chi connectivity index (χ1) is 13.0. The number of hydrogen-bond donors (Lipinski definition) is 1. The minimum atomic E-state index is -0.756. The maximum Gasteiger partial charge on any atom is 0.307 e. The fourth-order valence-electron chi connectivity index (χ4n) is 3.73. The summed E-state index contributed by atoms with van der Waals surface area (Å²) in [7, 11) is 0. The van der Waals surface area contributed by atoms with E-state index >= 15 is 0 Å². The molecule has 1 aliphatic heterocycles. The van der Waals surface area contributed by atoms with E-state index in [1.165, 1.54) is 0 Å². The topological polar surface area (TPSA) is 49.8 Å². The van der Waals surface area contributed by atoms with Crippen LogP contribution in [-0.4, -0.2) is 35.7 Å². The molecule has 1 aliphatic rings. The summed E-state index contributed by atoms with van der Waals surface area (Å²) >= 11 is 12.9. The van der Waals surface area contributed by atoms with Gasteiger partial charge in [-0.05, 0) is 44.0 Å². The van der Waals surface area contributed by atoms with Crippen molar-refractivity contribution < 1.29 is 14.6 Å². The Hall–Kier alpha value is -1.75. The second kappa shape index (κ2) is 8.96. The third-order valence-electron chi connectivity index (χ3n) is 4.96. The van der Waals surface area contributed by atoms with Crippen LogP contribution in [0.25, 0.3) is 0 Å². The van der Waals surface area contributed by atoms with Gasteiger partial charge in [-0.15, -0.1) is 0 Å². The van der Waals surface area contributed by atoms with Gasteiger partial charge in [0.2, 0.25) is 0 Å². The summed E-state index contributed by atoms with van der Waals surface area (Å²) in [6.45, 7) is 3.74. The molecule has 3 rings (SSSR count). The van der Waals surface area contributed by atoms with Crippen LogP contribution in [-0.2, 0) is 4.79 Å². The van der Waals surface area contributed by atoms with E-state index in [4.69, 9.17) is 27.9 Å². The molecule has 0 spiro atoms. The molecule has 0 amide bonds. The summed E-state index contributed by atoms with van der Waals surface area (Å²) < 4.78 is 5.86. The lowest BCUT2D eigenvalue weighted by molar-refractivity contribution is -0.143. The average Bonchev–Trinajstić information content (AvgIpc) is 2.67. The average molecular weight is 408 g/mol. The molecule has 6 heteroatoms. The van der Waals surface area contributed by atoms with E-state index in [1.807, 2.05) is 43.3 Å². The van der Waals surface area contributed by atoms with Crippen LogP contribution in [0, 0.1) is 5.92 Å². The van der Waals surface area contributed by atoms with Gasteiger partial charge in [-0.1, -0.05) is 53.5 Å². The van der Waals surface area contributed by atoms with Crippen molar-refractivity contribution in [3.63, 3.8) is 0 Å². The number of nitrogens with zero attached hydrogens (tertiary/aromatic N) is 1. The number of rotatable bonds is 6. The number of para-hydroxylation sites is 1. The molecule has 2 aromatic carbocycles. The van der Waals surface area contributed by atoms with Gasteiger partial charge in [0.05, 0.1) is 28.6 Å². The molecule has 144 valence electrons. The predicted octanol–water partition coefficient (Wildman–Crippen LogP) is 5.28. The number of likely N-dealkylation sites (tertiary alicyclic amines) is 1. The summed E-state index contributed by atoms with van der Waals surface area (Å²) in [6.07, 6.45) is 1.51. The molecule has 0 radical (unpaired) electrons. The van der Waals surface area contributed by atoms with E-state index < -0.39 is 11.9 Å². The highest BCUT2D eigenvalue weighted by Crippen LogP contribution is 2.41. The first-order valence-electron chi connectivity index (χ1n) is 9.15. The number of aliphatic carboxylic acids is 1. The van der Waals surface area contributed by atoms with Crippen molar-refractivity contribution in [1.29, 1.82) is 0 Å². The number of carboxylic acids is 1. The summed E-state index contributed by atoms with van der Waals surface area (Å²) in [5, 5.41) is 10.5. The number of carboxylic acid groups (broad SMARTS) is 1. The lowest BCUT2D eigenvalue weighted by atomic mass is 9.91. The Morgan fingerprint density at radius 2 is 1.96 bits per heavy atom. The summed E-state index contributed by atoms with van der Waals surface area (Å²) in [6, 6.07) is 13.2.